The molecular weight excluding hydrogens is 308 g/mol. The molecule has 3 nitrogen and oxygen atoms in total. The molecule has 3 heteroatoms. The number of carbonyl (C=O) groups is 1. The highest BCUT2D eigenvalue weighted by Crippen LogP contribution is 2.25. The van der Waals surface area contributed by atoms with Gasteiger partial charge in [0.25, 0.3) is 0 Å². The smallest absolute Gasteiger partial charge is 0.167 e. The van der Waals surface area contributed by atoms with Crippen molar-refractivity contribution in [3.63, 3.8) is 0 Å². The molecule has 1 aromatic carbocycles. The summed E-state index contributed by atoms with van der Waals surface area (Å²) in [7, 11) is 0. The summed E-state index contributed by atoms with van der Waals surface area (Å²) in [6.07, 6.45) is 5.78. The van der Waals surface area contributed by atoms with Gasteiger partial charge in [-0.3, -0.25) is 14.7 Å². The third-order valence-electron chi connectivity index (χ3n) is 5.04. The molecule has 1 aliphatic rings. The van der Waals surface area contributed by atoms with Gasteiger partial charge in [0.15, 0.2) is 5.78 Å². The lowest BCUT2D eigenvalue weighted by molar-refractivity contribution is 0.0811. The maximum Gasteiger partial charge on any atom is 0.167 e. The van der Waals surface area contributed by atoms with Gasteiger partial charge in [0.2, 0.25) is 0 Å². The van der Waals surface area contributed by atoms with Gasteiger partial charge in [0.1, 0.15) is 0 Å². The fourth-order valence-electron chi connectivity index (χ4n) is 3.53. The van der Waals surface area contributed by atoms with Crippen molar-refractivity contribution in [2.75, 3.05) is 13.1 Å². The van der Waals surface area contributed by atoms with Gasteiger partial charge in [0.05, 0.1) is 0 Å². The van der Waals surface area contributed by atoms with Gasteiger partial charge in [0, 0.05) is 37.0 Å². The summed E-state index contributed by atoms with van der Waals surface area (Å²) in [5.74, 6) is 0.391. The molecule has 1 fully saturated rings. The van der Waals surface area contributed by atoms with Crippen molar-refractivity contribution in [3.8, 4) is 0 Å². The zero-order chi connectivity index (χ0) is 17.9. The van der Waals surface area contributed by atoms with Crippen molar-refractivity contribution in [2.45, 2.75) is 45.6 Å². The lowest BCUT2D eigenvalue weighted by atomic mass is 9.85. The van der Waals surface area contributed by atoms with Crippen LogP contribution in [0.25, 0.3) is 0 Å². The van der Waals surface area contributed by atoms with E-state index in [1.807, 2.05) is 24.4 Å². The molecule has 2 aromatic rings. The second-order valence-corrected chi connectivity index (χ2v) is 8.13. The van der Waals surface area contributed by atoms with E-state index in [1.165, 1.54) is 11.1 Å². The number of aromatic nitrogens is 1. The SMILES string of the molecule is CC(C)(C)c1ccc(C(=O)C2CCCN(Cc3cccnc3)C2)cc1. The van der Waals surface area contributed by atoms with Crippen LogP contribution in [0, 0.1) is 5.92 Å². The summed E-state index contributed by atoms with van der Waals surface area (Å²) < 4.78 is 0. The zero-order valence-electron chi connectivity index (χ0n) is 15.5. The van der Waals surface area contributed by atoms with Crippen molar-refractivity contribution < 1.29 is 4.79 Å². The Balaban J connectivity index is 1.65. The van der Waals surface area contributed by atoms with Gasteiger partial charge >= 0.3 is 0 Å². The highest BCUT2D eigenvalue weighted by molar-refractivity contribution is 5.98. The minimum Gasteiger partial charge on any atom is -0.298 e. The number of piperidine rings is 1. The van der Waals surface area contributed by atoms with E-state index in [0.717, 1.165) is 38.0 Å². The van der Waals surface area contributed by atoms with E-state index in [9.17, 15) is 4.79 Å². The predicted octanol–water partition coefficient (Wildman–Crippen LogP) is 4.47. The van der Waals surface area contributed by atoms with Crippen LogP contribution >= 0.6 is 0 Å². The van der Waals surface area contributed by atoms with E-state index in [2.05, 4.69) is 48.9 Å². The second kappa shape index (κ2) is 7.49. The van der Waals surface area contributed by atoms with Crippen molar-refractivity contribution in [1.82, 2.24) is 9.88 Å². The lowest BCUT2D eigenvalue weighted by Gasteiger charge is -2.32. The number of ketones is 1. The number of carbonyl (C=O) groups excluding carboxylic acids is 1. The molecule has 1 saturated heterocycles. The van der Waals surface area contributed by atoms with Crippen LogP contribution in [-0.2, 0) is 12.0 Å². The Morgan fingerprint density at radius 1 is 1.20 bits per heavy atom. The Morgan fingerprint density at radius 3 is 2.60 bits per heavy atom. The van der Waals surface area contributed by atoms with Gasteiger partial charge in [-0.25, -0.2) is 0 Å². The fourth-order valence-corrected chi connectivity index (χ4v) is 3.53. The molecular formula is C22H28N2O. The van der Waals surface area contributed by atoms with Crippen molar-refractivity contribution in [3.05, 3.63) is 65.5 Å². The van der Waals surface area contributed by atoms with Crippen LogP contribution in [0.3, 0.4) is 0 Å². The van der Waals surface area contributed by atoms with Crippen molar-refractivity contribution in [1.29, 1.82) is 0 Å². The molecule has 0 amide bonds. The van der Waals surface area contributed by atoms with E-state index >= 15 is 0 Å². The second-order valence-electron chi connectivity index (χ2n) is 8.13. The fraction of sp³-hybridized carbons (Fsp3) is 0.455. The summed E-state index contributed by atoms with van der Waals surface area (Å²) >= 11 is 0. The quantitative estimate of drug-likeness (QED) is 0.772. The molecule has 25 heavy (non-hydrogen) atoms. The third kappa shape index (κ3) is 4.55. The van der Waals surface area contributed by atoms with Crippen molar-refractivity contribution >= 4 is 5.78 Å². The number of rotatable bonds is 4. The Kier molecular flexibility index (Phi) is 5.33. The van der Waals surface area contributed by atoms with Crippen LogP contribution in [0.4, 0.5) is 0 Å². The Bertz CT molecular complexity index is 701. The van der Waals surface area contributed by atoms with Gasteiger partial charge in [-0.1, -0.05) is 51.1 Å². The number of benzene rings is 1. The molecule has 0 aliphatic carbocycles. The monoisotopic (exact) mass is 336 g/mol. The van der Waals surface area contributed by atoms with E-state index in [0.29, 0.717) is 0 Å². The maximum atomic E-state index is 12.9. The van der Waals surface area contributed by atoms with E-state index in [1.54, 1.807) is 6.20 Å². The molecule has 0 spiro atoms. The van der Waals surface area contributed by atoms with Gasteiger partial charge in [-0.15, -0.1) is 0 Å². The summed E-state index contributed by atoms with van der Waals surface area (Å²) in [5, 5.41) is 0. The van der Waals surface area contributed by atoms with Crippen LogP contribution in [0.1, 0.15) is 55.1 Å². The topological polar surface area (TPSA) is 33.2 Å². The first kappa shape index (κ1) is 17.8. The molecule has 0 bridgehead atoms. The van der Waals surface area contributed by atoms with Crippen LogP contribution < -0.4 is 0 Å². The molecule has 0 N–H and O–H groups in total. The normalized spacial score (nSPS) is 18.9. The van der Waals surface area contributed by atoms with Crippen LogP contribution in [0.5, 0.6) is 0 Å². The van der Waals surface area contributed by atoms with Crippen LogP contribution in [0.15, 0.2) is 48.8 Å². The summed E-state index contributed by atoms with van der Waals surface area (Å²) in [5.41, 5.74) is 3.45. The summed E-state index contributed by atoms with van der Waals surface area (Å²) in [4.78, 5) is 19.5. The highest BCUT2D eigenvalue weighted by atomic mass is 16.1. The Morgan fingerprint density at radius 2 is 1.96 bits per heavy atom. The van der Waals surface area contributed by atoms with Crippen molar-refractivity contribution in [2.24, 2.45) is 5.92 Å². The Hall–Kier alpha value is -2.00. The number of Topliss-reactive ketones (excluding diaryl/α,β-unsaturated/α-hetero) is 1. The minimum absolute atomic E-state index is 0.103. The zero-order valence-corrected chi connectivity index (χ0v) is 15.5. The van der Waals surface area contributed by atoms with Gasteiger partial charge in [-0.05, 0) is 42.0 Å². The molecule has 1 atom stereocenters. The average Bonchev–Trinajstić information content (AvgIpc) is 2.61. The van der Waals surface area contributed by atoms with Crippen LogP contribution in [-0.4, -0.2) is 28.8 Å². The molecule has 1 aromatic heterocycles. The van der Waals surface area contributed by atoms with E-state index in [4.69, 9.17) is 0 Å². The molecule has 132 valence electrons. The van der Waals surface area contributed by atoms with Gasteiger partial charge in [-0.2, -0.15) is 0 Å². The number of likely N-dealkylation sites (tertiary alicyclic amines) is 1. The minimum atomic E-state index is 0.103. The first-order valence-corrected chi connectivity index (χ1v) is 9.19. The molecule has 0 radical (unpaired) electrons. The van der Waals surface area contributed by atoms with Gasteiger partial charge < -0.3 is 0 Å². The Labute approximate surface area is 151 Å². The largest absolute Gasteiger partial charge is 0.298 e. The van der Waals surface area contributed by atoms with Crippen LogP contribution in [0.2, 0.25) is 0 Å². The summed E-state index contributed by atoms with van der Waals surface area (Å²) in [6, 6.07) is 12.3. The van der Waals surface area contributed by atoms with E-state index in [-0.39, 0.29) is 17.1 Å². The number of pyridine rings is 1. The molecule has 1 unspecified atom stereocenters. The molecule has 3 rings (SSSR count). The standard InChI is InChI=1S/C22H28N2O/c1-22(2,3)20-10-8-18(9-11-20)21(25)19-7-5-13-24(16-19)15-17-6-4-12-23-14-17/h4,6,8-12,14,19H,5,7,13,15-16H2,1-3H3. The molecule has 1 aliphatic heterocycles. The number of hydrogen-bond acceptors (Lipinski definition) is 3. The highest BCUT2D eigenvalue weighted by Gasteiger charge is 2.27. The first-order valence-electron chi connectivity index (χ1n) is 9.19. The average molecular weight is 336 g/mol. The number of nitrogens with zero attached hydrogens (tertiary/aromatic N) is 2. The third-order valence-corrected chi connectivity index (χ3v) is 5.04. The van der Waals surface area contributed by atoms with E-state index < -0.39 is 0 Å². The maximum absolute atomic E-state index is 12.9. The number of hydrogen-bond donors (Lipinski definition) is 0. The predicted molar refractivity (Wildman–Crippen MR) is 102 cm³/mol. The molecule has 0 saturated carbocycles. The lowest BCUT2D eigenvalue weighted by Crippen LogP contribution is -2.38. The summed E-state index contributed by atoms with van der Waals surface area (Å²) in [6.45, 7) is 9.36. The first-order chi connectivity index (χ1) is 11.9. The molecule has 2 heterocycles.